The van der Waals surface area contributed by atoms with Crippen LogP contribution < -0.4 is 5.73 Å². The third kappa shape index (κ3) is 3.53. The third-order valence-electron chi connectivity index (χ3n) is 4.86. The van der Waals surface area contributed by atoms with Crippen molar-refractivity contribution < 1.29 is 9.72 Å². The Labute approximate surface area is 146 Å². The second-order valence-corrected chi connectivity index (χ2v) is 6.49. The molecule has 1 atom stereocenters. The van der Waals surface area contributed by atoms with Crippen molar-refractivity contribution in [2.24, 2.45) is 5.73 Å². The zero-order valence-corrected chi connectivity index (χ0v) is 14.1. The minimum absolute atomic E-state index is 0.0627. The number of benzene rings is 2. The van der Waals surface area contributed by atoms with Crippen LogP contribution in [0.3, 0.4) is 0 Å². The van der Waals surface area contributed by atoms with Crippen molar-refractivity contribution in [1.29, 1.82) is 0 Å². The van der Waals surface area contributed by atoms with E-state index in [-0.39, 0.29) is 17.3 Å². The molecule has 130 valence electrons. The molecular weight excluding hydrogens is 318 g/mol. The number of carbonyl (C=O) groups is 1. The fourth-order valence-corrected chi connectivity index (χ4v) is 3.59. The van der Waals surface area contributed by atoms with Gasteiger partial charge in [0.05, 0.1) is 4.92 Å². The first-order valence-corrected chi connectivity index (χ1v) is 8.32. The van der Waals surface area contributed by atoms with Crippen molar-refractivity contribution in [3.63, 3.8) is 0 Å². The molecule has 0 fully saturated rings. The first-order valence-electron chi connectivity index (χ1n) is 8.32. The van der Waals surface area contributed by atoms with Crippen LogP contribution >= 0.6 is 0 Å². The zero-order valence-electron chi connectivity index (χ0n) is 14.1. The second kappa shape index (κ2) is 7.03. The van der Waals surface area contributed by atoms with Gasteiger partial charge in [0.15, 0.2) is 0 Å². The normalized spacial score (nSPS) is 16.5. The maximum absolute atomic E-state index is 11.4. The van der Waals surface area contributed by atoms with Gasteiger partial charge in [-0.1, -0.05) is 30.3 Å². The average Bonchev–Trinajstić information content (AvgIpc) is 2.61. The lowest BCUT2D eigenvalue weighted by atomic mass is 9.87. The van der Waals surface area contributed by atoms with E-state index in [2.05, 4.69) is 23.1 Å². The van der Waals surface area contributed by atoms with Crippen LogP contribution in [0.1, 0.15) is 45.9 Å². The number of hydrogen-bond acceptors (Lipinski definition) is 4. The van der Waals surface area contributed by atoms with Crippen molar-refractivity contribution in [3.05, 3.63) is 74.8 Å². The van der Waals surface area contributed by atoms with Gasteiger partial charge in [-0.25, -0.2) is 0 Å². The topological polar surface area (TPSA) is 89.5 Å². The van der Waals surface area contributed by atoms with Gasteiger partial charge >= 0.3 is 0 Å². The number of amides is 1. The summed E-state index contributed by atoms with van der Waals surface area (Å²) in [6, 6.07) is 13.1. The number of nitro groups is 1. The molecule has 0 radical (unpaired) electrons. The van der Waals surface area contributed by atoms with Crippen LogP contribution in [0.4, 0.5) is 5.69 Å². The summed E-state index contributed by atoms with van der Waals surface area (Å²) in [5.74, 6) is -0.663. The number of nitrogens with two attached hydrogens (primary N) is 1. The molecule has 1 aliphatic carbocycles. The Morgan fingerprint density at radius 1 is 1.32 bits per heavy atom. The zero-order chi connectivity index (χ0) is 18.0. The van der Waals surface area contributed by atoms with E-state index in [9.17, 15) is 14.9 Å². The summed E-state index contributed by atoms with van der Waals surface area (Å²) in [7, 11) is 1.98. The summed E-state index contributed by atoms with van der Waals surface area (Å²) in [5.41, 5.74) is 8.56. The first-order chi connectivity index (χ1) is 12.0. The number of nitrogens with zero attached hydrogens (tertiary/aromatic N) is 2. The maximum Gasteiger partial charge on any atom is 0.274 e. The summed E-state index contributed by atoms with van der Waals surface area (Å²) in [5, 5.41) is 11.4. The van der Waals surface area contributed by atoms with Gasteiger partial charge in [0, 0.05) is 29.8 Å². The van der Waals surface area contributed by atoms with Crippen molar-refractivity contribution in [3.8, 4) is 0 Å². The number of hydrogen-bond donors (Lipinski definition) is 1. The van der Waals surface area contributed by atoms with E-state index in [1.54, 1.807) is 12.1 Å². The van der Waals surface area contributed by atoms with Gasteiger partial charge < -0.3 is 5.73 Å². The molecule has 2 aromatic carbocycles. The van der Waals surface area contributed by atoms with Gasteiger partial charge in [-0.15, -0.1) is 0 Å². The summed E-state index contributed by atoms with van der Waals surface area (Å²) in [6.07, 6.45) is 3.21. The highest BCUT2D eigenvalue weighted by Crippen LogP contribution is 2.35. The molecule has 25 heavy (non-hydrogen) atoms. The molecule has 6 nitrogen and oxygen atoms in total. The van der Waals surface area contributed by atoms with Crippen LogP contribution in [0, 0.1) is 10.1 Å². The molecule has 1 aliphatic rings. The molecule has 0 bridgehead atoms. The number of carbonyl (C=O) groups excluding carboxylic acids is 1. The number of rotatable bonds is 5. The van der Waals surface area contributed by atoms with Crippen LogP contribution in [0.15, 0.2) is 42.5 Å². The molecule has 1 unspecified atom stereocenters. The molecule has 2 aromatic rings. The summed E-state index contributed by atoms with van der Waals surface area (Å²) in [4.78, 5) is 24.4. The Kier molecular flexibility index (Phi) is 4.81. The lowest BCUT2D eigenvalue weighted by Gasteiger charge is -2.33. The van der Waals surface area contributed by atoms with E-state index in [1.165, 1.54) is 17.2 Å². The Morgan fingerprint density at radius 2 is 2.08 bits per heavy atom. The smallest absolute Gasteiger partial charge is 0.274 e. The fraction of sp³-hybridized carbons (Fsp3) is 0.316. The van der Waals surface area contributed by atoms with E-state index < -0.39 is 10.8 Å². The Hall–Kier alpha value is -2.73. The quantitative estimate of drug-likeness (QED) is 0.669. The van der Waals surface area contributed by atoms with Crippen LogP contribution in [-0.2, 0) is 13.0 Å². The highest BCUT2D eigenvalue weighted by Gasteiger charge is 2.25. The predicted octanol–water partition coefficient (Wildman–Crippen LogP) is 3.20. The molecular formula is C19H21N3O3. The standard InChI is InChI=1S/C19H21N3O3/c1-21(17-8-4-6-13-5-2-3-7-16(13)17)12-15-10-9-14(19(20)23)11-18(15)22(24)25/h2-3,5,7,9-11,17H,4,6,8,12H2,1H3,(H2,20,23). The van der Waals surface area contributed by atoms with Crippen molar-refractivity contribution in [1.82, 2.24) is 4.90 Å². The van der Waals surface area contributed by atoms with Gasteiger partial charge in [-0.2, -0.15) is 0 Å². The van der Waals surface area contributed by atoms with E-state index >= 15 is 0 Å². The molecule has 2 N–H and O–H groups in total. The number of primary amides is 1. The first kappa shape index (κ1) is 17.1. The molecule has 0 heterocycles. The van der Waals surface area contributed by atoms with Gasteiger partial charge in [0.1, 0.15) is 0 Å². The number of aryl methyl sites for hydroxylation is 1. The predicted molar refractivity (Wildman–Crippen MR) is 95.2 cm³/mol. The fourth-order valence-electron chi connectivity index (χ4n) is 3.59. The van der Waals surface area contributed by atoms with E-state index in [4.69, 9.17) is 5.73 Å². The minimum atomic E-state index is -0.663. The highest BCUT2D eigenvalue weighted by atomic mass is 16.6. The van der Waals surface area contributed by atoms with Gasteiger partial charge in [-0.05, 0) is 43.5 Å². The molecule has 0 saturated carbocycles. The molecule has 0 aliphatic heterocycles. The van der Waals surface area contributed by atoms with E-state index in [0.717, 1.165) is 19.3 Å². The molecule has 0 saturated heterocycles. The van der Waals surface area contributed by atoms with Gasteiger partial charge in [0.25, 0.3) is 5.69 Å². The maximum atomic E-state index is 11.4. The SMILES string of the molecule is CN(Cc1ccc(C(N)=O)cc1[N+](=O)[O-])C1CCCc2ccccc21. The highest BCUT2D eigenvalue weighted by molar-refractivity contribution is 5.93. The van der Waals surface area contributed by atoms with E-state index in [0.29, 0.717) is 12.1 Å². The third-order valence-corrected chi connectivity index (χ3v) is 4.86. The molecule has 3 rings (SSSR count). The van der Waals surface area contributed by atoms with Crippen LogP contribution in [0.2, 0.25) is 0 Å². The van der Waals surface area contributed by atoms with Crippen LogP contribution in [0.5, 0.6) is 0 Å². The van der Waals surface area contributed by atoms with Crippen molar-refractivity contribution in [2.75, 3.05) is 7.05 Å². The Bertz CT molecular complexity index is 819. The summed E-state index contributed by atoms with van der Waals surface area (Å²) < 4.78 is 0. The summed E-state index contributed by atoms with van der Waals surface area (Å²) >= 11 is 0. The largest absolute Gasteiger partial charge is 0.366 e. The molecule has 0 aromatic heterocycles. The lowest BCUT2D eigenvalue weighted by molar-refractivity contribution is -0.385. The summed E-state index contributed by atoms with van der Waals surface area (Å²) in [6.45, 7) is 0.439. The Balaban J connectivity index is 1.88. The second-order valence-electron chi connectivity index (χ2n) is 6.49. The molecule has 6 heteroatoms. The lowest BCUT2D eigenvalue weighted by Crippen LogP contribution is -2.27. The molecule has 1 amide bonds. The van der Waals surface area contributed by atoms with Crippen molar-refractivity contribution in [2.45, 2.75) is 31.8 Å². The van der Waals surface area contributed by atoms with Crippen LogP contribution in [0.25, 0.3) is 0 Å². The Morgan fingerprint density at radius 3 is 2.80 bits per heavy atom. The van der Waals surface area contributed by atoms with Gasteiger partial charge in [0.2, 0.25) is 5.91 Å². The number of fused-ring (bicyclic) bond motifs is 1. The number of nitro benzene ring substituents is 1. The van der Waals surface area contributed by atoms with Crippen molar-refractivity contribution >= 4 is 11.6 Å². The van der Waals surface area contributed by atoms with Gasteiger partial charge in [-0.3, -0.25) is 19.8 Å². The monoisotopic (exact) mass is 339 g/mol. The molecule has 0 spiro atoms. The van der Waals surface area contributed by atoms with E-state index in [1.807, 2.05) is 13.1 Å². The van der Waals surface area contributed by atoms with Crippen LogP contribution in [-0.4, -0.2) is 22.8 Å². The average molecular weight is 339 g/mol. The minimum Gasteiger partial charge on any atom is -0.366 e.